The molecule has 0 spiro atoms. The van der Waals surface area contributed by atoms with E-state index in [2.05, 4.69) is 4.18 Å². The molecule has 0 heterocycles. The average Bonchev–Trinajstić information content (AvgIpc) is 2.16. The molecule has 0 bridgehead atoms. The molecule has 0 aromatic heterocycles. The maximum atomic E-state index is 12.4. The quantitative estimate of drug-likeness (QED) is 0.468. The van der Waals surface area contributed by atoms with Gasteiger partial charge in [-0.1, -0.05) is 0 Å². The maximum Gasteiger partial charge on any atom is 0.534 e. The van der Waals surface area contributed by atoms with Gasteiger partial charge in [0, 0.05) is 0 Å². The van der Waals surface area contributed by atoms with E-state index in [1.807, 2.05) is 0 Å². The van der Waals surface area contributed by atoms with Crippen LogP contribution in [0, 0.1) is 5.82 Å². The third kappa shape index (κ3) is 3.16. The Morgan fingerprint density at radius 1 is 1.12 bits per heavy atom. The number of rotatable bonds is 2. The topological polar surface area (TPSA) is 60.4 Å². The summed E-state index contributed by atoms with van der Waals surface area (Å²) >= 11 is 0. The highest BCUT2D eigenvalue weighted by Gasteiger charge is 2.49. The van der Waals surface area contributed by atoms with E-state index in [9.17, 15) is 30.8 Å². The van der Waals surface area contributed by atoms with Crippen LogP contribution in [0.5, 0.6) is 0 Å². The van der Waals surface area contributed by atoms with Gasteiger partial charge in [-0.15, -0.1) is 0 Å². The van der Waals surface area contributed by atoms with Gasteiger partial charge in [0.2, 0.25) is 0 Å². The first kappa shape index (κ1) is 13.4. The fourth-order valence-corrected chi connectivity index (χ4v) is 1.17. The SMILES string of the molecule is O=C(OS(=O)(=O)C(F)(F)F)c1ccc(F)cc1. The number of hydrogen-bond donors (Lipinski definition) is 0. The van der Waals surface area contributed by atoms with E-state index >= 15 is 0 Å². The van der Waals surface area contributed by atoms with Gasteiger partial charge in [-0.2, -0.15) is 21.6 Å². The number of hydrogen-bond acceptors (Lipinski definition) is 4. The largest absolute Gasteiger partial charge is 0.534 e. The number of halogens is 4. The second-order valence-corrected chi connectivity index (χ2v) is 4.32. The molecule has 94 valence electrons. The van der Waals surface area contributed by atoms with Gasteiger partial charge in [-0.25, -0.2) is 9.18 Å². The zero-order chi connectivity index (χ0) is 13.3. The van der Waals surface area contributed by atoms with Gasteiger partial charge >= 0.3 is 21.6 Å². The molecule has 1 aromatic carbocycles. The van der Waals surface area contributed by atoms with Crippen molar-refractivity contribution in [3.05, 3.63) is 35.6 Å². The zero-order valence-corrected chi connectivity index (χ0v) is 8.68. The van der Waals surface area contributed by atoms with Crippen LogP contribution in [-0.2, 0) is 14.3 Å². The minimum absolute atomic E-state index is 0.515. The lowest BCUT2D eigenvalue weighted by Gasteiger charge is -2.07. The number of benzene rings is 1. The summed E-state index contributed by atoms with van der Waals surface area (Å²) in [6.07, 6.45) is 0. The van der Waals surface area contributed by atoms with Crippen molar-refractivity contribution in [2.75, 3.05) is 0 Å². The lowest BCUT2D eigenvalue weighted by Crippen LogP contribution is -2.28. The number of carbonyl (C=O) groups is 1. The second-order valence-electron chi connectivity index (χ2n) is 2.78. The third-order valence-electron chi connectivity index (χ3n) is 1.55. The normalized spacial score (nSPS) is 12.2. The summed E-state index contributed by atoms with van der Waals surface area (Å²) in [6.45, 7) is 0. The summed E-state index contributed by atoms with van der Waals surface area (Å²) in [5.41, 5.74) is -6.21. The van der Waals surface area contributed by atoms with Crippen molar-refractivity contribution in [1.82, 2.24) is 0 Å². The Kier molecular flexibility index (Phi) is 3.41. The molecule has 0 amide bonds. The zero-order valence-electron chi connectivity index (χ0n) is 7.86. The Morgan fingerprint density at radius 2 is 1.59 bits per heavy atom. The molecular formula is C8H4F4O4S. The molecule has 0 saturated carbocycles. The monoisotopic (exact) mass is 272 g/mol. The van der Waals surface area contributed by atoms with Crippen LogP contribution in [0.15, 0.2) is 24.3 Å². The van der Waals surface area contributed by atoms with E-state index in [-0.39, 0.29) is 0 Å². The molecule has 1 aromatic rings. The Bertz CT molecular complexity index is 517. The standard InChI is InChI=1S/C8H4F4O4S/c9-6-3-1-5(2-4-6)7(13)16-17(14,15)8(10,11)12/h1-4H. The van der Waals surface area contributed by atoms with Crippen LogP contribution < -0.4 is 0 Å². The lowest BCUT2D eigenvalue weighted by atomic mass is 10.2. The highest BCUT2D eigenvalue weighted by atomic mass is 32.2. The van der Waals surface area contributed by atoms with E-state index in [0.717, 1.165) is 24.3 Å². The maximum absolute atomic E-state index is 12.4. The summed E-state index contributed by atoms with van der Waals surface area (Å²) in [4.78, 5) is 11.0. The molecule has 0 radical (unpaired) electrons. The van der Waals surface area contributed by atoms with Gasteiger partial charge in [-0.3, -0.25) is 0 Å². The van der Waals surface area contributed by atoms with Crippen LogP contribution in [0.2, 0.25) is 0 Å². The molecule has 0 aliphatic carbocycles. The Morgan fingerprint density at radius 3 is 2.00 bits per heavy atom. The van der Waals surface area contributed by atoms with Crippen molar-refractivity contribution in [2.24, 2.45) is 0 Å². The summed E-state index contributed by atoms with van der Waals surface area (Å²) in [6, 6.07) is 3.14. The van der Waals surface area contributed by atoms with Gasteiger partial charge in [-0.05, 0) is 24.3 Å². The summed E-state index contributed by atoms with van der Waals surface area (Å²) in [7, 11) is -6.00. The van der Waals surface area contributed by atoms with Crippen molar-refractivity contribution >= 4 is 16.1 Å². The molecule has 0 aliphatic rings. The van der Waals surface area contributed by atoms with E-state index in [1.54, 1.807) is 0 Å². The third-order valence-corrected chi connectivity index (χ3v) is 2.49. The van der Waals surface area contributed by atoms with Gasteiger partial charge in [0.05, 0.1) is 5.56 Å². The van der Waals surface area contributed by atoms with Crippen LogP contribution in [0.25, 0.3) is 0 Å². The Hall–Kier alpha value is -1.64. The molecule has 0 aliphatic heterocycles. The first-order chi connectivity index (χ1) is 7.63. The van der Waals surface area contributed by atoms with Crippen molar-refractivity contribution in [1.29, 1.82) is 0 Å². The van der Waals surface area contributed by atoms with Crippen molar-refractivity contribution in [2.45, 2.75) is 5.51 Å². The summed E-state index contributed by atoms with van der Waals surface area (Å²) < 4.78 is 72.2. The number of carbonyl (C=O) groups excluding carboxylic acids is 1. The van der Waals surface area contributed by atoms with Gasteiger partial charge < -0.3 is 4.18 Å². The molecular weight excluding hydrogens is 268 g/mol. The molecule has 0 atom stereocenters. The fraction of sp³-hybridized carbons (Fsp3) is 0.125. The van der Waals surface area contributed by atoms with E-state index in [0.29, 0.717) is 0 Å². The van der Waals surface area contributed by atoms with Crippen LogP contribution in [-0.4, -0.2) is 19.9 Å². The number of alkyl halides is 3. The first-order valence-corrected chi connectivity index (χ1v) is 5.35. The molecule has 0 N–H and O–H groups in total. The minimum Gasteiger partial charge on any atom is -0.335 e. The second kappa shape index (κ2) is 4.32. The average molecular weight is 272 g/mol. The van der Waals surface area contributed by atoms with E-state index in [4.69, 9.17) is 0 Å². The molecule has 17 heavy (non-hydrogen) atoms. The highest BCUT2D eigenvalue weighted by Crippen LogP contribution is 2.25. The van der Waals surface area contributed by atoms with Crippen molar-refractivity contribution in [3.8, 4) is 0 Å². The lowest BCUT2D eigenvalue weighted by molar-refractivity contribution is -0.0525. The minimum atomic E-state index is -6.00. The smallest absolute Gasteiger partial charge is 0.335 e. The molecule has 0 unspecified atom stereocenters. The van der Waals surface area contributed by atoms with Crippen LogP contribution in [0.1, 0.15) is 10.4 Å². The molecule has 4 nitrogen and oxygen atoms in total. The van der Waals surface area contributed by atoms with Crippen molar-refractivity contribution < 1.29 is 35.0 Å². The molecule has 1 rings (SSSR count). The van der Waals surface area contributed by atoms with Gasteiger partial charge in [0.15, 0.2) is 0 Å². The van der Waals surface area contributed by atoms with Crippen LogP contribution >= 0.6 is 0 Å². The Balaban J connectivity index is 2.91. The predicted octanol–water partition coefficient (Wildman–Crippen LogP) is 1.83. The van der Waals surface area contributed by atoms with Crippen LogP contribution in [0.4, 0.5) is 17.6 Å². The molecule has 9 heteroatoms. The highest BCUT2D eigenvalue weighted by molar-refractivity contribution is 7.88. The summed E-state index contributed by atoms with van der Waals surface area (Å²) in [5, 5.41) is 0. The Labute approximate surface area is 92.9 Å². The van der Waals surface area contributed by atoms with E-state index in [1.165, 1.54) is 0 Å². The first-order valence-electron chi connectivity index (χ1n) is 3.94. The summed E-state index contributed by atoms with van der Waals surface area (Å²) in [5.74, 6) is -2.47. The van der Waals surface area contributed by atoms with E-state index < -0.39 is 33.0 Å². The fourth-order valence-electron chi connectivity index (χ4n) is 0.781. The molecule has 0 saturated heterocycles. The predicted molar refractivity (Wildman–Crippen MR) is 46.8 cm³/mol. The van der Waals surface area contributed by atoms with Gasteiger partial charge in [0.25, 0.3) is 0 Å². The van der Waals surface area contributed by atoms with Gasteiger partial charge in [0.1, 0.15) is 5.82 Å². The molecule has 0 fully saturated rings. The van der Waals surface area contributed by atoms with Crippen LogP contribution in [0.3, 0.4) is 0 Å². The van der Waals surface area contributed by atoms with Crippen molar-refractivity contribution in [3.63, 3.8) is 0 Å².